The van der Waals surface area contributed by atoms with Gasteiger partial charge in [0.25, 0.3) is 0 Å². The summed E-state index contributed by atoms with van der Waals surface area (Å²) in [5.41, 5.74) is 0.149. The number of ketones is 1. The van der Waals surface area contributed by atoms with Gasteiger partial charge in [0.2, 0.25) is 0 Å². The molecule has 1 aromatic carbocycles. The highest BCUT2D eigenvalue weighted by atomic mass is 16.5. The van der Waals surface area contributed by atoms with E-state index in [1.54, 1.807) is 18.2 Å². The Balaban J connectivity index is 2.32. The Morgan fingerprint density at radius 1 is 1.21 bits per heavy atom. The Labute approximate surface area is 113 Å². The van der Waals surface area contributed by atoms with Gasteiger partial charge in [0.1, 0.15) is 5.66 Å². The third-order valence-corrected chi connectivity index (χ3v) is 3.49. The second kappa shape index (κ2) is 4.47. The molecule has 4 heteroatoms. The summed E-state index contributed by atoms with van der Waals surface area (Å²) < 4.78 is 0. The molecule has 0 saturated carbocycles. The molecule has 1 heterocycles. The van der Waals surface area contributed by atoms with Gasteiger partial charge < -0.3 is 10.5 Å². The summed E-state index contributed by atoms with van der Waals surface area (Å²) in [5, 5.41) is 14.6. The highest BCUT2D eigenvalue weighted by Gasteiger charge is 2.47. The summed E-state index contributed by atoms with van der Waals surface area (Å²) in [6.45, 7) is 7.48. The number of allylic oxidation sites excluding steroid dienone is 1. The number of benzene rings is 1. The number of carbonyl (C=O) groups is 1. The van der Waals surface area contributed by atoms with Crippen LogP contribution in [0.2, 0.25) is 0 Å². The van der Waals surface area contributed by atoms with Crippen LogP contribution in [-0.4, -0.2) is 27.3 Å². The zero-order chi connectivity index (χ0) is 14.3. The van der Waals surface area contributed by atoms with Crippen molar-refractivity contribution >= 4 is 5.78 Å². The fraction of sp³-hybridized carbons (Fsp3) is 0.400. The lowest BCUT2D eigenvalue weighted by Gasteiger charge is -2.32. The van der Waals surface area contributed by atoms with E-state index < -0.39 is 11.2 Å². The first-order valence-corrected chi connectivity index (χ1v) is 6.34. The van der Waals surface area contributed by atoms with Crippen LogP contribution in [0.5, 0.6) is 0 Å². The van der Waals surface area contributed by atoms with Crippen molar-refractivity contribution in [3.05, 3.63) is 47.7 Å². The van der Waals surface area contributed by atoms with Crippen molar-refractivity contribution in [1.29, 1.82) is 0 Å². The van der Waals surface area contributed by atoms with Gasteiger partial charge in [-0.15, -0.1) is 0 Å². The lowest BCUT2D eigenvalue weighted by Crippen LogP contribution is -2.48. The Bertz CT molecular complexity index is 518. The van der Waals surface area contributed by atoms with Gasteiger partial charge in [-0.3, -0.25) is 4.79 Å². The molecule has 1 aliphatic rings. The molecule has 0 radical (unpaired) electrons. The molecule has 4 nitrogen and oxygen atoms in total. The highest BCUT2D eigenvalue weighted by molar-refractivity contribution is 6.05. The quantitative estimate of drug-likeness (QED) is 0.634. The van der Waals surface area contributed by atoms with Gasteiger partial charge in [-0.2, -0.15) is 5.06 Å². The molecule has 1 saturated heterocycles. The van der Waals surface area contributed by atoms with Gasteiger partial charge in [0.05, 0.1) is 5.54 Å². The van der Waals surface area contributed by atoms with E-state index >= 15 is 0 Å². The van der Waals surface area contributed by atoms with Crippen LogP contribution in [0, 0.1) is 0 Å². The Hall–Kier alpha value is -1.65. The van der Waals surface area contributed by atoms with Gasteiger partial charge in [-0.1, -0.05) is 30.3 Å². The third kappa shape index (κ3) is 2.41. The zero-order valence-electron chi connectivity index (χ0n) is 11.8. The second-order valence-electron chi connectivity index (χ2n) is 5.84. The molecule has 102 valence electrons. The standard InChI is InChI=1S/C15H20N2O2/c1-14(2)13(16-15(3,4)17(14)19)10-12(18)11-8-6-5-7-9-11/h5-10,16,19H,1-4H3/b13-10-. The van der Waals surface area contributed by atoms with E-state index in [4.69, 9.17) is 0 Å². The molecule has 0 aliphatic carbocycles. The van der Waals surface area contributed by atoms with Gasteiger partial charge in [-0.25, -0.2) is 0 Å². The number of nitrogens with one attached hydrogen (secondary N) is 1. The fourth-order valence-electron chi connectivity index (χ4n) is 2.38. The highest BCUT2D eigenvalue weighted by Crippen LogP contribution is 2.34. The van der Waals surface area contributed by atoms with Crippen molar-refractivity contribution < 1.29 is 10.0 Å². The normalized spacial score (nSPS) is 23.3. The first kappa shape index (κ1) is 13.8. The first-order chi connectivity index (χ1) is 8.75. The molecule has 0 spiro atoms. The lowest BCUT2D eigenvalue weighted by molar-refractivity contribution is -0.191. The van der Waals surface area contributed by atoms with E-state index in [1.807, 2.05) is 45.9 Å². The maximum atomic E-state index is 12.2. The van der Waals surface area contributed by atoms with Gasteiger partial charge in [0, 0.05) is 17.3 Å². The molecule has 0 aromatic heterocycles. The molecule has 19 heavy (non-hydrogen) atoms. The predicted molar refractivity (Wildman–Crippen MR) is 73.8 cm³/mol. The average molecular weight is 260 g/mol. The summed E-state index contributed by atoms with van der Waals surface area (Å²) in [6, 6.07) is 9.11. The van der Waals surface area contributed by atoms with E-state index in [2.05, 4.69) is 5.32 Å². The molecule has 2 rings (SSSR count). The van der Waals surface area contributed by atoms with Crippen LogP contribution in [0.15, 0.2) is 42.1 Å². The minimum absolute atomic E-state index is 0.0673. The topological polar surface area (TPSA) is 52.6 Å². The van der Waals surface area contributed by atoms with Crippen molar-refractivity contribution in [3.8, 4) is 0 Å². The Kier molecular flexibility index (Phi) is 3.24. The molecular formula is C15H20N2O2. The summed E-state index contributed by atoms with van der Waals surface area (Å²) in [4.78, 5) is 12.2. The van der Waals surface area contributed by atoms with Crippen molar-refractivity contribution in [2.75, 3.05) is 0 Å². The van der Waals surface area contributed by atoms with Crippen LogP contribution in [0.1, 0.15) is 38.1 Å². The largest absolute Gasteiger partial charge is 0.367 e. The van der Waals surface area contributed by atoms with Gasteiger partial charge in [0.15, 0.2) is 5.78 Å². The predicted octanol–water partition coefficient (Wildman–Crippen LogP) is 2.56. The van der Waals surface area contributed by atoms with Crippen LogP contribution < -0.4 is 5.32 Å². The summed E-state index contributed by atoms with van der Waals surface area (Å²) >= 11 is 0. The molecule has 1 aromatic rings. The minimum atomic E-state index is -0.617. The van der Waals surface area contributed by atoms with Crippen molar-refractivity contribution in [3.63, 3.8) is 0 Å². The number of hydrogen-bond donors (Lipinski definition) is 2. The van der Waals surface area contributed by atoms with Crippen molar-refractivity contribution in [1.82, 2.24) is 10.4 Å². The molecule has 1 aliphatic heterocycles. The van der Waals surface area contributed by atoms with Crippen LogP contribution >= 0.6 is 0 Å². The number of nitrogens with zero attached hydrogens (tertiary/aromatic N) is 1. The van der Waals surface area contributed by atoms with Crippen molar-refractivity contribution in [2.45, 2.75) is 38.9 Å². The molecule has 1 fully saturated rings. The summed E-state index contributed by atoms with van der Waals surface area (Å²) in [7, 11) is 0. The first-order valence-electron chi connectivity index (χ1n) is 6.34. The van der Waals surface area contributed by atoms with Crippen LogP contribution in [0.4, 0.5) is 0 Å². The number of hydrogen-bond acceptors (Lipinski definition) is 4. The van der Waals surface area contributed by atoms with E-state index in [0.29, 0.717) is 11.3 Å². The van der Waals surface area contributed by atoms with Crippen molar-refractivity contribution in [2.24, 2.45) is 0 Å². The number of rotatable bonds is 2. The SMILES string of the molecule is CC1(C)N/C(=C\C(=O)c2ccccc2)C(C)(C)N1O. The monoisotopic (exact) mass is 260 g/mol. The van der Waals surface area contributed by atoms with E-state index in [0.717, 1.165) is 0 Å². The molecule has 0 atom stereocenters. The maximum Gasteiger partial charge on any atom is 0.187 e. The maximum absolute atomic E-state index is 12.2. The summed E-state index contributed by atoms with van der Waals surface area (Å²) in [5.74, 6) is -0.0673. The molecule has 0 amide bonds. The number of hydroxylamine groups is 2. The fourth-order valence-corrected chi connectivity index (χ4v) is 2.38. The average Bonchev–Trinajstić information content (AvgIpc) is 2.51. The molecule has 0 bridgehead atoms. The van der Waals surface area contributed by atoms with Gasteiger partial charge in [-0.05, 0) is 27.7 Å². The minimum Gasteiger partial charge on any atom is -0.367 e. The van der Waals surface area contributed by atoms with Gasteiger partial charge >= 0.3 is 0 Å². The van der Waals surface area contributed by atoms with Crippen LogP contribution in [0.25, 0.3) is 0 Å². The van der Waals surface area contributed by atoms with E-state index in [1.165, 1.54) is 5.06 Å². The molecule has 2 N–H and O–H groups in total. The zero-order valence-corrected chi connectivity index (χ0v) is 11.8. The van der Waals surface area contributed by atoms with Crippen LogP contribution in [0.3, 0.4) is 0 Å². The third-order valence-electron chi connectivity index (χ3n) is 3.49. The second-order valence-corrected chi connectivity index (χ2v) is 5.84. The number of carbonyl (C=O) groups excluding carboxylic acids is 1. The van der Waals surface area contributed by atoms with E-state index in [9.17, 15) is 10.0 Å². The summed E-state index contributed by atoms with van der Waals surface area (Å²) in [6.07, 6.45) is 1.56. The molecular weight excluding hydrogens is 240 g/mol. The molecule has 0 unspecified atom stereocenters. The Morgan fingerprint density at radius 2 is 1.79 bits per heavy atom. The Morgan fingerprint density at radius 3 is 2.26 bits per heavy atom. The smallest absolute Gasteiger partial charge is 0.187 e. The van der Waals surface area contributed by atoms with E-state index in [-0.39, 0.29) is 5.78 Å². The lowest BCUT2D eigenvalue weighted by atomic mass is 9.99. The van der Waals surface area contributed by atoms with Crippen LogP contribution in [-0.2, 0) is 0 Å².